The molecule has 2 fully saturated rings. The van der Waals surface area contributed by atoms with Gasteiger partial charge in [-0.2, -0.15) is 0 Å². The highest BCUT2D eigenvalue weighted by molar-refractivity contribution is 5.82. The number of hydrogen-bond acceptors (Lipinski definition) is 3. The van der Waals surface area contributed by atoms with Gasteiger partial charge in [0.2, 0.25) is 5.91 Å². The van der Waals surface area contributed by atoms with Crippen molar-refractivity contribution in [1.82, 2.24) is 9.80 Å². The third-order valence-electron chi connectivity index (χ3n) is 5.09. The fraction of sp³-hybridized carbons (Fsp3) is 0.875. The molecule has 0 radical (unpaired) electrons. The van der Waals surface area contributed by atoms with Gasteiger partial charge < -0.3 is 10.0 Å². The highest BCUT2D eigenvalue weighted by Gasteiger charge is 2.34. The van der Waals surface area contributed by atoms with Crippen LogP contribution < -0.4 is 0 Å². The Labute approximate surface area is 127 Å². The average Bonchev–Trinajstić information content (AvgIpc) is 2.53. The topological polar surface area (TPSA) is 60.9 Å². The Hall–Kier alpha value is -1.10. The van der Waals surface area contributed by atoms with E-state index >= 15 is 0 Å². The van der Waals surface area contributed by atoms with Gasteiger partial charge in [0, 0.05) is 19.1 Å². The largest absolute Gasteiger partial charge is 0.481 e. The van der Waals surface area contributed by atoms with Crippen molar-refractivity contribution in [1.29, 1.82) is 0 Å². The first-order chi connectivity index (χ1) is 10.0. The number of carboxylic acid groups (broad SMARTS) is 1. The van der Waals surface area contributed by atoms with E-state index in [1.807, 2.05) is 11.8 Å². The molecule has 21 heavy (non-hydrogen) atoms. The van der Waals surface area contributed by atoms with Crippen molar-refractivity contribution in [3.63, 3.8) is 0 Å². The maximum atomic E-state index is 12.8. The molecule has 2 aliphatic rings. The highest BCUT2D eigenvalue weighted by atomic mass is 16.4. The molecule has 2 saturated heterocycles. The summed E-state index contributed by atoms with van der Waals surface area (Å²) in [5, 5.41) is 9.18. The van der Waals surface area contributed by atoms with Crippen molar-refractivity contribution in [3.05, 3.63) is 0 Å². The predicted molar refractivity (Wildman–Crippen MR) is 81.0 cm³/mol. The zero-order chi connectivity index (χ0) is 15.4. The maximum Gasteiger partial charge on any atom is 0.307 e. The number of carboxylic acids is 1. The number of hydrogen-bond donors (Lipinski definition) is 1. The molecular weight excluding hydrogens is 268 g/mol. The summed E-state index contributed by atoms with van der Waals surface area (Å²) in [7, 11) is 0. The van der Waals surface area contributed by atoms with Crippen LogP contribution in [0.2, 0.25) is 0 Å². The quantitative estimate of drug-likeness (QED) is 0.861. The van der Waals surface area contributed by atoms with Crippen molar-refractivity contribution in [2.45, 2.75) is 64.5 Å². The first-order valence-corrected chi connectivity index (χ1v) is 8.32. The molecule has 0 aromatic heterocycles. The van der Waals surface area contributed by atoms with Crippen LogP contribution in [-0.2, 0) is 9.59 Å². The second-order valence-electron chi connectivity index (χ2n) is 6.44. The third-order valence-corrected chi connectivity index (χ3v) is 5.09. The van der Waals surface area contributed by atoms with Crippen LogP contribution in [0.15, 0.2) is 0 Å². The summed E-state index contributed by atoms with van der Waals surface area (Å²) in [6.45, 7) is 6.28. The van der Waals surface area contributed by atoms with Gasteiger partial charge in [-0.25, -0.2) is 0 Å². The molecule has 5 heteroatoms. The SMILES string of the molecule is CCC1CCCCN1C(=O)C(C)N1CCCC(C(=O)O)C1. The number of amides is 1. The fourth-order valence-electron chi connectivity index (χ4n) is 3.67. The standard InChI is InChI=1S/C16H28N2O3/c1-3-14-8-4-5-10-18(14)15(19)12(2)17-9-6-7-13(11-17)16(20)21/h12-14H,3-11H2,1-2H3,(H,20,21). The van der Waals surface area contributed by atoms with Gasteiger partial charge in [-0.05, 0) is 52.0 Å². The number of likely N-dealkylation sites (tertiary alicyclic amines) is 2. The lowest BCUT2D eigenvalue weighted by molar-refractivity contribution is -0.147. The number of nitrogens with zero attached hydrogens (tertiary/aromatic N) is 2. The van der Waals surface area contributed by atoms with Gasteiger partial charge in [0.1, 0.15) is 0 Å². The van der Waals surface area contributed by atoms with E-state index in [0.717, 1.165) is 45.2 Å². The van der Waals surface area contributed by atoms with Crippen LogP contribution in [0.25, 0.3) is 0 Å². The van der Waals surface area contributed by atoms with E-state index in [2.05, 4.69) is 11.8 Å². The van der Waals surface area contributed by atoms with Crippen molar-refractivity contribution in [3.8, 4) is 0 Å². The molecule has 5 nitrogen and oxygen atoms in total. The smallest absolute Gasteiger partial charge is 0.307 e. The van der Waals surface area contributed by atoms with Crippen molar-refractivity contribution in [2.24, 2.45) is 5.92 Å². The molecule has 3 unspecified atom stereocenters. The van der Waals surface area contributed by atoms with Gasteiger partial charge in [0.25, 0.3) is 0 Å². The predicted octanol–water partition coefficient (Wildman–Crippen LogP) is 1.96. The summed E-state index contributed by atoms with van der Waals surface area (Å²) in [6, 6.07) is 0.174. The first kappa shape index (κ1) is 16.3. The molecule has 0 aromatic rings. The van der Waals surface area contributed by atoms with E-state index in [1.165, 1.54) is 6.42 Å². The average molecular weight is 296 g/mol. The number of aliphatic carboxylic acids is 1. The van der Waals surface area contributed by atoms with Crippen LogP contribution in [0, 0.1) is 5.92 Å². The van der Waals surface area contributed by atoms with E-state index in [0.29, 0.717) is 12.6 Å². The van der Waals surface area contributed by atoms with Gasteiger partial charge >= 0.3 is 5.97 Å². The summed E-state index contributed by atoms with van der Waals surface area (Å²) in [5.41, 5.74) is 0. The Bertz CT molecular complexity index is 386. The van der Waals surface area contributed by atoms with E-state index in [9.17, 15) is 14.7 Å². The number of piperidine rings is 2. The van der Waals surface area contributed by atoms with Gasteiger partial charge in [0.05, 0.1) is 12.0 Å². The second kappa shape index (κ2) is 7.25. The third kappa shape index (κ3) is 3.76. The van der Waals surface area contributed by atoms with E-state index in [4.69, 9.17) is 0 Å². The van der Waals surface area contributed by atoms with Crippen LogP contribution in [0.1, 0.15) is 52.4 Å². The molecule has 0 aliphatic carbocycles. The first-order valence-electron chi connectivity index (χ1n) is 8.32. The molecule has 0 saturated carbocycles. The molecule has 2 rings (SSSR count). The molecule has 0 spiro atoms. The minimum atomic E-state index is -0.733. The lowest BCUT2D eigenvalue weighted by Gasteiger charge is -2.41. The summed E-state index contributed by atoms with van der Waals surface area (Å²) in [4.78, 5) is 28.1. The lowest BCUT2D eigenvalue weighted by atomic mass is 9.95. The Kier molecular flexibility index (Phi) is 5.62. The van der Waals surface area contributed by atoms with Crippen molar-refractivity contribution < 1.29 is 14.7 Å². The highest BCUT2D eigenvalue weighted by Crippen LogP contribution is 2.24. The molecule has 1 N–H and O–H groups in total. The van der Waals surface area contributed by atoms with E-state index in [1.54, 1.807) is 0 Å². The number of carbonyl (C=O) groups is 2. The molecule has 3 atom stereocenters. The zero-order valence-corrected chi connectivity index (χ0v) is 13.3. The Morgan fingerprint density at radius 3 is 2.62 bits per heavy atom. The van der Waals surface area contributed by atoms with Gasteiger partial charge in [-0.1, -0.05) is 6.92 Å². The molecular formula is C16H28N2O3. The van der Waals surface area contributed by atoms with Crippen LogP contribution >= 0.6 is 0 Å². The summed E-state index contributed by atoms with van der Waals surface area (Å²) in [6.07, 6.45) is 6.01. The summed E-state index contributed by atoms with van der Waals surface area (Å²) >= 11 is 0. The van der Waals surface area contributed by atoms with Gasteiger partial charge in [-0.15, -0.1) is 0 Å². The number of rotatable bonds is 4. The van der Waals surface area contributed by atoms with E-state index in [-0.39, 0.29) is 17.9 Å². The molecule has 1 amide bonds. The van der Waals surface area contributed by atoms with Gasteiger partial charge in [0.15, 0.2) is 0 Å². The molecule has 0 aromatic carbocycles. The van der Waals surface area contributed by atoms with Crippen molar-refractivity contribution in [2.75, 3.05) is 19.6 Å². The Balaban J connectivity index is 1.99. The molecule has 2 aliphatic heterocycles. The maximum absolute atomic E-state index is 12.8. The summed E-state index contributed by atoms with van der Waals surface area (Å²) < 4.78 is 0. The Morgan fingerprint density at radius 2 is 1.95 bits per heavy atom. The molecule has 0 bridgehead atoms. The minimum Gasteiger partial charge on any atom is -0.481 e. The zero-order valence-electron chi connectivity index (χ0n) is 13.3. The lowest BCUT2D eigenvalue weighted by Crippen LogP contribution is -2.54. The second-order valence-corrected chi connectivity index (χ2v) is 6.44. The van der Waals surface area contributed by atoms with Crippen LogP contribution in [0.3, 0.4) is 0 Å². The molecule has 2 heterocycles. The van der Waals surface area contributed by atoms with Crippen molar-refractivity contribution >= 4 is 11.9 Å². The van der Waals surface area contributed by atoms with Crippen LogP contribution in [-0.4, -0.2) is 58.5 Å². The normalized spacial score (nSPS) is 29.1. The number of carbonyl (C=O) groups excluding carboxylic acids is 1. The van der Waals surface area contributed by atoms with E-state index < -0.39 is 5.97 Å². The monoisotopic (exact) mass is 296 g/mol. The molecule has 120 valence electrons. The van der Waals surface area contributed by atoms with Gasteiger partial charge in [-0.3, -0.25) is 14.5 Å². The Morgan fingerprint density at radius 1 is 1.19 bits per heavy atom. The fourth-order valence-corrected chi connectivity index (χ4v) is 3.67. The van der Waals surface area contributed by atoms with Crippen LogP contribution in [0.5, 0.6) is 0 Å². The van der Waals surface area contributed by atoms with Crippen LogP contribution in [0.4, 0.5) is 0 Å². The summed E-state index contributed by atoms with van der Waals surface area (Å²) in [5.74, 6) is -0.867. The minimum absolute atomic E-state index is 0.188.